The highest BCUT2D eigenvalue weighted by Gasteiger charge is 2.27. The van der Waals surface area contributed by atoms with Crippen molar-refractivity contribution in [2.75, 3.05) is 7.05 Å². The van der Waals surface area contributed by atoms with Crippen LogP contribution >= 0.6 is 0 Å². The van der Waals surface area contributed by atoms with Gasteiger partial charge in [0, 0.05) is 24.7 Å². The van der Waals surface area contributed by atoms with E-state index in [1.54, 1.807) is 6.07 Å². The summed E-state index contributed by atoms with van der Waals surface area (Å²) < 4.78 is 37.4. The molecule has 10 heteroatoms. The number of H-pyrrole nitrogens is 1. The summed E-state index contributed by atoms with van der Waals surface area (Å²) in [5.74, 6) is 1.57. The van der Waals surface area contributed by atoms with E-state index < -0.39 is 10.0 Å². The number of aromatic nitrogens is 4. The Hall–Kier alpha value is -2.46. The van der Waals surface area contributed by atoms with Crippen molar-refractivity contribution in [3.8, 4) is 11.5 Å². The van der Waals surface area contributed by atoms with Crippen molar-refractivity contribution >= 4 is 10.0 Å². The van der Waals surface area contributed by atoms with Gasteiger partial charge in [0.1, 0.15) is 5.69 Å². The molecule has 3 heterocycles. The summed E-state index contributed by atoms with van der Waals surface area (Å²) in [5.41, 5.74) is 2.40. The first-order valence-electron chi connectivity index (χ1n) is 8.58. The molecule has 0 spiro atoms. The Kier molecular flexibility index (Phi) is 5.20. The van der Waals surface area contributed by atoms with Gasteiger partial charge in [0.25, 0.3) is 10.0 Å². The molecule has 0 fully saturated rings. The minimum Gasteiger partial charge on any atom is -0.442 e. The molecule has 3 aromatic rings. The average molecular weight is 393 g/mol. The molecule has 0 saturated heterocycles. The maximum absolute atomic E-state index is 12.8. The zero-order chi connectivity index (χ0) is 19.8. The van der Waals surface area contributed by atoms with Crippen LogP contribution in [-0.4, -0.2) is 40.1 Å². The van der Waals surface area contributed by atoms with Crippen molar-refractivity contribution in [3.05, 3.63) is 35.1 Å². The van der Waals surface area contributed by atoms with Crippen LogP contribution < -0.4 is 0 Å². The van der Waals surface area contributed by atoms with E-state index in [0.717, 1.165) is 15.6 Å². The maximum atomic E-state index is 12.8. The highest BCUT2D eigenvalue weighted by molar-refractivity contribution is 7.88. The van der Waals surface area contributed by atoms with Gasteiger partial charge in [0.2, 0.25) is 11.0 Å². The van der Waals surface area contributed by atoms with Crippen LogP contribution in [0.1, 0.15) is 36.8 Å². The van der Waals surface area contributed by atoms with Crippen molar-refractivity contribution in [1.29, 1.82) is 0 Å². The van der Waals surface area contributed by atoms with Crippen LogP contribution in [0.4, 0.5) is 0 Å². The van der Waals surface area contributed by atoms with E-state index in [0.29, 0.717) is 35.5 Å². The van der Waals surface area contributed by atoms with Gasteiger partial charge in [-0.15, -0.1) is 0 Å². The summed E-state index contributed by atoms with van der Waals surface area (Å²) in [5, 5.41) is 10.7. The zero-order valence-electron chi connectivity index (χ0n) is 16.0. The Balaban J connectivity index is 1.78. The van der Waals surface area contributed by atoms with Gasteiger partial charge in [0.15, 0.2) is 11.6 Å². The van der Waals surface area contributed by atoms with Crippen LogP contribution in [0.5, 0.6) is 0 Å². The summed E-state index contributed by atoms with van der Waals surface area (Å²) in [6.45, 7) is 7.84. The number of hydrogen-bond donors (Lipinski definition) is 1. The SMILES string of the molecule is Cc1[nH]nc(-c2ccc(S(=O)(=O)N(C)Cc3noc(CC(C)C)n3)o2)c1C. The molecule has 0 aliphatic rings. The van der Waals surface area contributed by atoms with Crippen LogP contribution in [0, 0.1) is 19.8 Å². The van der Waals surface area contributed by atoms with Gasteiger partial charge in [-0.25, -0.2) is 8.42 Å². The quantitative estimate of drug-likeness (QED) is 0.655. The average Bonchev–Trinajstić information content (AvgIpc) is 3.30. The molecule has 9 nitrogen and oxygen atoms in total. The van der Waals surface area contributed by atoms with Crippen LogP contribution in [0.25, 0.3) is 11.5 Å². The van der Waals surface area contributed by atoms with Crippen molar-refractivity contribution in [2.45, 2.75) is 45.8 Å². The van der Waals surface area contributed by atoms with Gasteiger partial charge >= 0.3 is 0 Å². The molecule has 0 aliphatic carbocycles. The third-order valence-corrected chi connectivity index (χ3v) is 5.87. The fourth-order valence-electron chi connectivity index (χ4n) is 2.54. The molecule has 1 N–H and O–H groups in total. The molecule has 0 aliphatic heterocycles. The highest BCUT2D eigenvalue weighted by atomic mass is 32.2. The van der Waals surface area contributed by atoms with Crippen LogP contribution in [-0.2, 0) is 23.0 Å². The van der Waals surface area contributed by atoms with Gasteiger partial charge in [-0.2, -0.15) is 14.4 Å². The van der Waals surface area contributed by atoms with Crippen molar-refractivity contribution in [2.24, 2.45) is 5.92 Å². The maximum Gasteiger partial charge on any atom is 0.276 e. The first-order valence-corrected chi connectivity index (χ1v) is 10.0. The molecule has 3 aromatic heterocycles. The fraction of sp³-hybridized carbons (Fsp3) is 0.471. The second-order valence-electron chi connectivity index (χ2n) is 6.90. The molecule has 0 radical (unpaired) electrons. The minimum absolute atomic E-state index is 0.0134. The molecule has 3 rings (SSSR count). The van der Waals surface area contributed by atoms with Crippen LogP contribution in [0.3, 0.4) is 0 Å². The first kappa shape index (κ1) is 19.3. The largest absolute Gasteiger partial charge is 0.442 e. The number of rotatable bonds is 7. The Labute approximate surface area is 157 Å². The molecule has 0 unspecified atom stereocenters. The van der Waals surface area contributed by atoms with Gasteiger partial charge < -0.3 is 8.94 Å². The van der Waals surface area contributed by atoms with Gasteiger partial charge in [-0.1, -0.05) is 19.0 Å². The van der Waals surface area contributed by atoms with Crippen LogP contribution in [0.15, 0.2) is 26.2 Å². The minimum atomic E-state index is -3.84. The van der Waals surface area contributed by atoms with E-state index in [1.165, 1.54) is 13.1 Å². The summed E-state index contributed by atoms with van der Waals surface area (Å²) in [6, 6.07) is 3.02. The van der Waals surface area contributed by atoms with E-state index in [-0.39, 0.29) is 11.6 Å². The lowest BCUT2D eigenvalue weighted by molar-refractivity contribution is 0.351. The molecule has 0 amide bonds. The lowest BCUT2D eigenvalue weighted by Gasteiger charge is -2.12. The molecule has 0 bridgehead atoms. The summed E-state index contributed by atoms with van der Waals surface area (Å²) in [4.78, 5) is 4.24. The first-order chi connectivity index (χ1) is 12.7. The van der Waals surface area contributed by atoms with Gasteiger partial charge in [0.05, 0.1) is 6.54 Å². The predicted molar refractivity (Wildman–Crippen MR) is 97.3 cm³/mol. The summed E-state index contributed by atoms with van der Waals surface area (Å²) in [6.07, 6.45) is 0.646. The van der Waals surface area contributed by atoms with Gasteiger partial charge in [-0.3, -0.25) is 5.10 Å². The van der Waals surface area contributed by atoms with Gasteiger partial charge in [-0.05, 0) is 31.9 Å². The standard InChI is InChI=1S/C17H23N5O4S/c1-10(2)8-15-18-14(21-26-15)9-22(5)27(23,24)16-7-6-13(25-16)17-11(3)12(4)19-20-17/h6-7,10H,8-9H2,1-5H3,(H,19,20). The van der Waals surface area contributed by atoms with E-state index in [9.17, 15) is 8.42 Å². The van der Waals surface area contributed by atoms with Crippen molar-refractivity contribution in [1.82, 2.24) is 24.6 Å². The summed E-state index contributed by atoms with van der Waals surface area (Å²) in [7, 11) is -2.39. The third-order valence-electron chi connectivity index (χ3n) is 4.19. The Morgan fingerprint density at radius 2 is 2.00 bits per heavy atom. The molecule has 27 heavy (non-hydrogen) atoms. The predicted octanol–water partition coefficient (Wildman–Crippen LogP) is 2.69. The molecule has 0 atom stereocenters. The number of nitrogens with zero attached hydrogens (tertiary/aromatic N) is 4. The Morgan fingerprint density at radius 3 is 2.63 bits per heavy atom. The number of aryl methyl sites for hydroxylation is 1. The number of aromatic amines is 1. The van der Waals surface area contributed by atoms with Crippen molar-refractivity contribution < 1.29 is 17.4 Å². The summed E-state index contributed by atoms with van der Waals surface area (Å²) >= 11 is 0. The van der Waals surface area contributed by atoms with Crippen molar-refractivity contribution in [3.63, 3.8) is 0 Å². The number of hydrogen-bond acceptors (Lipinski definition) is 7. The third kappa shape index (κ3) is 3.96. The topological polar surface area (TPSA) is 118 Å². The molecular weight excluding hydrogens is 370 g/mol. The second kappa shape index (κ2) is 7.28. The monoisotopic (exact) mass is 393 g/mol. The number of furan rings is 1. The Bertz CT molecular complexity index is 1030. The smallest absolute Gasteiger partial charge is 0.276 e. The van der Waals surface area contributed by atoms with E-state index >= 15 is 0 Å². The Morgan fingerprint density at radius 1 is 1.26 bits per heavy atom. The number of sulfonamides is 1. The molecule has 0 saturated carbocycles. The molecular formula is C17H23N5O4S. The van der Waals surface area contributed by atoms with E-state index in [2.05, 4.69) is 20.3 Å². The zero-order valence-corrected chi connectivity index (χ0v) is 16.8. The van der Waals surface area contributed by atoms with Crippen LogP contribution in [0.2, 0.25) is 0 Å². The van der Waals surface area contributed by atoms with E-state index in [1.807, 2.05) is 27.7 Å². The number of nitrogens with one attached hydrogen (secondary N) is 1. The normalized spacial score (nSPS) is 12.4. The lowest BCUT2D eigenvalue weighted by Crippen LogP contribution is -2.26. The highest BCUT2D eigenvalue weighted by Crippen LogP contribution is 2.28. The lowest BCUT2D eigenvalue weighted by atomic mass is 10.1. The second-order valence-corrected chi connectivity index (χ2v) is 8.88. The molecule has 0 aromatic carbocycles. The van der Waals surface area contributed by atoms with E-state index in [4.69, 9.17) is 8.94 Å². The fourth-order valence-corrected chi connectivity index (χ4v) is 3.56. The molecule has 146 valence electrons.